The monoisotopic (exact) mass is 199 g/mol. The Labute approximate surface area is 88.3 Å². The van der Waals surface area contributed by atoms with E-state index in [4.69, 9.17) is 5.11 Å². The average molecular weight is 199 g/mol. The van der Waals surface area contributed by atoms with Gasteiger partial charge in [0.25, 0.3) is 0 Å². The lowest BCUT2D eigenvalue weighted by molar-refractivity contribution is 0.162. The summed E-state index contributed by atoms with van der Waals surface area (Å²) in [5, 5.41) is 9.16. The first kappa shape index (κ1) is 12.0. The van der Waals surface area contributed by atoms with Crippen molar-refractivity contribution in [3.05, 3.63) is 0 Å². The van der Waals surface area contributed by atoms with Gasteiger partial charge in [0.05, 0.1) is 0 Å². The minimum absolute atomic E-state index is 0.364. The van der Waals surface area contributed by atoms with Gasteiger partial charge in [0.2, 0.25) is 0 Å². The molecule has 2 nitrogen and oxygen atoms in total. The summed E-state index contributed by atoms with van der Waals surface area (Å²) in [6.45, 7) is 8.31. The molecule has 1 N–H and O–H groups in total. The summed E-state index contributed by atoms with van der Waals surface area (Å²) in [6.07, 6.45) is 5.00. The Hall–Kier alpha value is -0.0800. The maximum absolute atomic E-state index is 9.16. The molecular weight excluding hydrogens is 174 g/mol. The number of aliphatic hydroxyl groups excluding tert-OH is 1. The normalized spacial score (nSPS) is 30.9. The second kappa shape index (κ2) is 5.72. The predicted molar refractivity (Wildman–Crippen MR) is 60.3 cm³/mol. The van der Waals surface area contributed by atoms with Gasteiger partial charge in [-0.1, -0.05) is 20.3 Å². The van der Waals surface area contributed by atoms with Crippen LogP contribution in [0.4, 0.5) is 0 Å². The molecule has 0 aromatic rings. The molecule has 1 aliphatic heterocycles. The maximum atomic E-state index is 9.16. The van der Waals surface area contributed by atoms with Crippen molar-refractivity contribution in [2.24, 2.45) is 5.92 Å². The van der Waals surface area contributed by atoms with Gasteiger partial charge in [-0.05, 0) is 32.1 Å². The SMILES string of the molecule is CCCC(CC)N1CC(CO)CC1C. The van der Waals surface area contributed by atoms with Crippen molar-refractivity contribution in [1.82, 2.24) is 4.90 Å². The number of likely N-dealkylation sites (tertiary alicyclic amines) is 1. The van der Waals surface area contributed by atoms with Crippen molar-refractivity contribution in [2.45, 2.75) is 58.5 Å². The molecular formula is C12H25NO. The van der Waals surface area contributed by atoms with Crippen LogP contribution in [0, 0.1) is 5.92 Å². The molecule has 0 aromatic heterocycles. The molecule has 0 aromatic carbocycles. The van der Waals surface area contributed by atoms with E-state index in [9.17, 15) is 0 Å². The number of hydrogen-bond donors (Lipinski definition) is 1. The van der Waals surface area contributed by atoms with E-state index in [0.29, 0.717) is 18.6 Å². The molecule has 1 saturated heterocycles. The fourth-order valence-electron chi connectivity index (χ4n) is 2.75. The highest BCUT2D eigenvalue weighted by Crippen LogP contribution is 2.27. The van der Waals surface area contributed by atoms with Gasteiger partial charge in [-0.3, -0.25) is 4.90 Å². The molecule has 0 saturated carbocycles. The summed E-state index contributed by atoms with van der Waals surface area (Å²) in [5.74, 6) is 0.524. The summed E-state index contributed by atoms with van der Waals surface area (Å²) < 4.78 is 0. The zero-order chi connectivity index (χ0) is 10.6. The van der Waals surface area contributed by atoms with Crippen LogP contribution in [0.15, 0.2) is 0 Å². The third-order valence-electron chi connectivity index (χ3n) is 3.53. The van der Waals surface area contributed by atoms with Crippen LogP contribution in [0.1, 0.15) is 46.5 Å². The van der Waals surface area contributed by atoms with E-state index in [2.05, 4.69) is 25.7 Å². The van der Waals surface area contributed by atoms with E-state index >= 15 is 0 Å². The zero-order valence-electron chi connectivity index (χ0n) is 9.87. The number of aliphatic hydroxyl groups is 1. The van der Waals surface area contributed by atoms with Gasteiger partial charge in [-0.2, -0.15) is 0 Å². The molecule has 1 fully saturated rings. The maximum Gasteiger partial charge on any atom is 0.0472 e. The quantitative estimate of drug-likeness (QED) is 0.734. The van der Waals surface area contributed by atoms with E-state index in [1.165, 1.54) is 25.7 Å². The lowest BCUT2D eigenvalue weighted by Crippen LogP contribution is -2.37. The third kappa shape index (κ3) is 2.71. The first-order chi connectivity index (χ1) is 6.72. The minimum Gasteiger partial charge on any atom is -0.396 e. The Kier molecular flexibility index (Phi) is 4.90. The van der Waals surface area contributed by atoms with Crippen molar-refractivity contribution in [2.75, 3.05) is 13.2 Å². The summed E-state index contributed by atoms with van der Waals surface area (Å²) in [5.41, 5.74) is 0. The summed E-state index contributed by atoms with van der Waals surface area (Å²) in [4.78, 5) is 2.60. The molecule has 0 spiro atoms. The van der Waals surface area contributed by atoms with E-state index in [-0.39, 0.29) is 0 Å². The van der Waals surface area contributed by atoms with Gasteiger partial charge in [0, 0.05) is 25.2 Å². The highest BCUT2D eigenvalue weighted by Gasteiger charge is 2.31. The molecule has 2 heteroatoms. The molecule has 3 atom stereocenters. The Balaban J connectivity index is 2.49. The molecule has 0 bridgehead atoms. The highest BCUT2D eigenvalue weighted by atomic mass is 16.3. The molecule has 1 aliphatic rings. The van der Waals surface area contributed by atoms with Gasteiger partial charge in [0.1, 0.15) is 0 Å². The van der Waals surface area contributed by atoms with Crippen molar-refractivity contribution in [3.63, 3.8) is 0 Å². The van der Waals surface area contributed by atoms with Crippen molar-refractivity contribution in [3.8, 4) is 0 Å². The smallest absolute Gasteiger partial charge is 0.0472 e. The molecule has 84 valence electrons. The van der Waals surface area contributed by atoms with E-state index in [1.54, 1.807) is 0 Å². The van der Waals surface area contributed by atoms with Crippen LogP contribution in [0.2, 0.25) is 0 Å². The van der Waals surface area contributed by atoms with Gasteiger partial charge >= 0.3 is 0 Å². The fourth-order valence-corrected chi connectivity index (χ4v) is 2.75. The molecule has 1 rings (SSSR count). The van der Waals surface area contributed by atoms with Crippen LogP contribution in [-0.2, 0) is 0 Å². The van der Waals surface area contributed by atoms with E-state index in [1.807, 2.05) is 0 Å². The average Bonchev–Trinajstić information content (AvgIpc) is 2.56. The second-order valence-electron chi connectivity index (χ2n) is 4.68. The number of hydrogen-bond acceptors (Lipinski definition) is 2. The molecule has 0 amide bonds. The Morgan fingerprint density at radius 3 is 2.57 bits per heavy atom. The minimum atomic E-state index is 0.364. The third-order valence-corrected chi connectivity index (χ3v) is 3.53. The van der Waals surface area contributed by atoms with Gasteiger partial charge in [-0.25, -0.2) is 0 Å². The van der Waals surface area contributed by atoms with E-state index in [0.717, 1.165) is 12.6 Å². The highest BCUT2D eigenvalue weighted by molar-refractivity contribution is 4.86. The number of rotatable bonds is 5. The standard InChI is InChI=1S/C12H25NO/c1-4-6-12(5-2)13-8-11(9-14)7-10(13)3/h10-12,14H,4-9H2,1-3H3. The van der Waals surface area contributed by atoms with Gasteiger partial charge in [0.15, 0.2) is 0 Å². The molecule has 3 unspecified atom stereocenters. The second-order valence-corrected chi connectivity index (χ2v) is 4.68. The van der Waals surface area contributed by atoms with Gasteiger partial charge < -0.3 is 5.11 Å². The molecule has 0 aliphatic carbocycles. The molecule has 1 heterocycles. The van der Waals surface area contributed by atoms with Crippen LogP contribution < -0.4 is 0 Å². The first-order valence-electron chi connectivity index (χ1n) is 6.09. The number of nitrogens with zero attached hydrogens (tertiary/aromatic N) is 1. The zero-order valence-corrected chi connectivity index (χ0v) is 9.87. The van der Waals surface area contributed by atoms with Gasteiger partial charge in [-0.15, -0.1) is 0 Å². The first-order valence-corrected chi connectivity index (χ1v) is 6.09. The molecule has 0 radical (unpaired) electrons. The lowest BCUT2D eigenvalue weighted by atomic mass is 10.1. The lowest BCUT2D eigenvalue weighted by Gasteiger charge is -2.30. The molecule has 14 heavy (non-hydrogen) atoms. The summed E-state index contributed by atoms with van der Waals surface area (Å²) in [7, 11) is 0. The van der Waals surface area contributed by atoms with Crippen LogP contribution in [-0.4, -0.2) is 35.2 Å². The summed E-state index contributed by atoms with van der Waals surface area (Å²) >= 11 is 0. The van der Waals surface area contributed by atoms with Crippen LogP contribution in [0.25, 0.3) is 0 Å². The summed E-state index contributed by atoms with van der Waals surface area (Å²) in [6, 6.07) is 1.41. The Morgan fingerprint density at radius 1 is 1.43 bits per heavy atom. The fraction of sp³-hybridized carbons (Fsp3) is 1.00. The predicted octanol–water partition coefficient (Wildman–Crippen LogP) is 2.27. The van der Waals surface area contributed by atoms with Crippen molar-refractivity contribution < 1.29 is 5.11 Å². The van der Waals surface area contributed by atoms with Crippen LogP contribution >= 0.6 is 0 Å². The van der Waals surface area contributed by atoms with Crippen molar-refractivity contribution >= 4 is 0 Å². The van der Waals surface area contributed by atoms with E-state index < -0.39 is 0 Å². The Bertz CT molecular complexity index is 160. The van der Waals surface area contributed by atoms with Crippen LogP contribution in [0.3, 0.4) is 0 Å². The Morgan fingerprint density at radius 2 is 2.14 bits per heavy atom. The topological polar surface area (TPSA) is 23.5 Å². The van der Waals surface area contributed by atoms with Crippen LogP contribution in [0.5, 0.6) is 0 Å². The largest absolute Gasteiger partial charge is 0.396 e. The van der Waals surface area contributed by atoms with Crippen molar-refractivity contribution in [1.29, 1.82) is 0 Å².